The van der Waals surface area contributed by atoms with Gasteiger partial charge in [0.05, 0.1) is 21.2 Å². The number of anilines is 1. The molecule has 0 saturated heterocycles. The average Bonchev–Trinajstić information content (AvgIpc) is 2.69. The van der Waals surface area contributed by atoms with Crippen molar-refractivity contribution in [1.29, 1.82) is 0 Å². The number of nitrogens with one attached hydrogen (secondary N) is 2. The quantitative estimate of drug-likeness (QED) is 0.514. The van der Waals surface area contributed by atoms with E-state index in [0.717, 1.165) is 11.1 Å². The van der Waals surface area contributed by atoms with Crippen molar-refractivity contribution in [2.24, 2.45) is 0 Å². The van der Waals surface area contributed by atoms with Gasteiger partial charge in [0.2, 0.25) is 0 Å². The minimum atomic E-state index is -3.75. The highest BCUT2D eigenvalue weighted by Crippen LogP contribution is 2.23. The Morgan fingerprint density at radius 3 is 2.23 bits per heavy atom. The van der Waals surface area contributed by atoms with Gasteiger partial charge in [0, 0.05) is 11.6 Å². The van der Waals surface area contributed by atoms with Crippen molar-refractivity contribution in [2.45, 2.75) is 18.2 Å². The molecule has 8 heteroatoms. The van der Waals surface area contributed by atoms with E-state index in [9.17, 15) is 13.2 Å². The van der Waals surface area contributed by atoms with Gasteiger partial charge >= 0.3 is 0 Å². The highest BCUT2D eigenvalue weighted by atomic mass is 35.5. The third-order valence-electron chi connectivity index (χ3n) is 4.41. The van der Waals surface area contributed by atoms with E-state index in [1.165, 1.54) is 30.3 Å². The van der Waals surface area contributed by atoms with E-state index in [0.29, 0.717) is 18.0 Å². The van der Waals surface area contributed by atoms with Gasteiger partial charge in [-0.3, -0.25) is 9.52 Å². The molecule has 0 fully saturated rings. The van der Waals surface area contributed by atoms with Crippen LogP contribution in [0.15, 0.2) is 71.6 Å². The Bertz CT molecular complexity index is 1150. The molecule has 0 heterocycles. The first-order chi connectivity index (χ1) is 14.2. The second-order valence-electron chi connectivity index (χ2n) is 6.75. The summed E-state index contributed by atoms with van der Waals surface area (Å²) in [6, 6.07) is 18.3. The van der Waals surface area contributed by atoms with Gasteiger partial charge in [-0.1, -0.05) is 53.0 Å². The smallest absolute Gasteiger partial charge is 0.261 e. The molecule has 156 valence electrons. The van der Waals surface area contributed by atoms with Crippen LogP contribution in [0.3, 0.4) is 0 Å². The van der Waals surface area contributed by atoms with Gasteiger partial charge in [-0.25, -0.2) is 8.42 Å². The van der Waals surface area contributed by atoms with Gasteiger partial charge in [-0.2, -0.15) is 0 Å². The first kappa shape index (κ1) is 22.2. The van der Waals surface area contributed by atoms with Crippen LogP contribution in [0.25, 0.3) is 0 Å². The minimum absolute atomic E-state index is 0.147. The van der Waals surface area contributed by atoms with Gasteiger partial charge in [0.25, 0.3) is 15.9 Å². The van der Waals surface area contributed by atoms with Crippen LogP contribution in [0.1, 0.15) is 21.5 Å². The van der Waals surface area contributed by atoms with Gasteiger partial charge in [-0.05, 0) is 61.4 Å². The lowest BCUT2D eigenvalue weighted by molar-refractivity contribution is 0.0954. The summed E-state index contributed by atoms with van der Waals surface area (Å²) in [5, 5.41) is 3.62. The lowest BCUT2D eigenvalue weighted by Gasteiger charge is -2.11. The van der Waals surface area contributed by atoms with Gasteiger partial charge in [0.1, 0.15) is 0 Å². The molecule has 0 bridgehead atoms. The molecule has 0 atom stereocenters. The fourth-order valence-corrected chi connectivity index (χ4v) is 4.20. The number of carbonyl (C=O) groups excluding carboxylic acids is 1. The van der Waals surface area contributed by atoms with Crippen LogP contribution < -0.4 is 10.0 Å². The van der Waals surface area contributed by atoms with E-state index < -0.39 is 10.0 Å². The zero-order valence-electron chi connectivity index (χ0n) is 16.2. The Hall–Kier alpha value is -2.54. The van der Waals surface area contributed by atoms with Crippen molar-refractivity contribution in [3.05, 3.63) is 93.5 Å². The molecule has 5 nitrogen and oxygen atoms in total. The van der Waals surface area contributed by atoms with E-state index in [-0.39, 0.29) is 27.1 Å². The van der Waals surface area contributed by atoms with Crippen molar-refractivity contribution in [3.63, 3.8) is 0 Å². The van der Waals surface area contributed by atoms with Gasteiger partial charge in [0.15, 0.2) is 0 Å². The number of hydrogen-bond acceptors (Lipinski definition) is 3. The fraction of sp³-hybridized carbons (Fsp3) is 0.136. The summed E-state index contributed by atoms with van der Waals surface area (Å²) in [6.45, 7) is 2.31. The lowest BCUT2D eigenvalue weighted by Crippen LogP contribution is -2.26. The summed E-state index contributed by atoms with van der Waals surface area (Å²) < 4.78 is 27.5. The molecule has 0 spiro atoms. The van der Waals surface area contributed by atoms with Crippen molar-refractivity contribution in [1.82, 2.24) is 5.32 Å². The molecule has 0 aliphatic rings. The standard InChI is InChI=1S/C22H20Cl2N2O3S/c1-15-2-9-19(10-3-15)30(28,29)26-18-8-11-20(21(24)14-18)22(27)25-13-12-16-4-6-17(23)7-5-16/h2-11,14,26H,12-13H2,1H3,(H,25,27). The first-order valence-corrected chi connectivity index (χ1v) is 11.4. The number of rotatable bonds is 7. The molecule has 1 amide bonds. The monoisotopic (exact) mass is 462 g/mol. The summed E-state index contributed by atoms with van der Waals surface area (Å²) in [5.74, 6) is -0.332. The predicted octanol–water partition coefficient (Wildman–Crippen LogP) is 5.08. The summed E-state index contributed by atoms with van der Waals surface area (Å²) in [6.07, 6.45) is 0.648. The molecule has 0 aliphatic carbocycles. The average molecular weight is 463 g/mol. The number of carbonyl (C=O) groups is 1. The summed E-state index contributed by atoms with van der Waals surface area (Å²) in [4.78, 5) is 12.6. The molecule has 3 aromatic carbocycles. The minimum Gasteiger partial charge on any atom is -0.352 e. The van der Waals surface area contributed by atoms with E-state index in [4.69, 9.17) is 23.2 Å². The zero-order valence-corrected chi connectivity index (χ0v) is 18.5. The Labute approximate surface area is 186 Å². The summed E-state index contributed by atoms with van der Waals surface area (Å²) in [7, 11) is -3.75. The lowest BCUT2D eigenvalue weighted by atomic mass is 10.1. The molecule has 2 N–H and O–H groups in total. The molecule has 30 heavy (non-hydrogen) atoms. The number of benzene rings is 3. The Morgan fingerprint density at radius 2 is 1.60 bits per heavy atom. The third kappa shape index (κ3) is 5.75. The summed E-state index contributed by atoms with van der Waals surface area (Å²) >= 11 is 12.1. The topological polar surface area (TPSA) is 75.3 Å². The fourth-order valence-electron chi connectivity index (χ4n) is 2.76. The SMILES string of the molecule is Cc1ccc(S(=O)(=O)Nc2ccc(C(=O)NCCc3ccc(Cl)cc3)c(Cl)c2)cc1. The van der Waals surface area contributed by atoms with E-state index in [1.54, 1.807) is 24.3 Å². The van der Waals surface area contributed by atoms with Crippen LogP contribution in [0.4, 0.5) is 5.69 Å². The normalized spacial score (nSPS) is 11.2. The second kappa shape index (κ2) is 9.51. The largest absolute Gasteiger partial charge is 0.352 e. The zero-order chi connectivity index (χ0) is 21.7. The van der Waals surface area contributed by atoms with Crippen LogP contribution in [0.5, 0.6) is 0 Å². The van der Waals surface area contributed by atoms with Crippen molar-refractivity contribution < 1.29 is 13.2 Å². The number of aryl methyl sites for hydroxylation is 1. The summed E-state index contributed by atoms with van der Waals surface area (Å²) in [5.41, 5.74) is 2.56. The van der Waals surface area contributed by atoms with Crippen LogP contribution in [-0.4, -0.2) is 20.9 Å². The molecule has 0 aliphatic heterocycles. The third-order valence-corrected chi connectivity index (χ3v) is 6.37. The highest BCUT2D eigenvalue weighted by Gasteiger charge is 2.16. The van der Waals surface area contributed by atoms with Gasteiger partial charge < -0.3 is 5.32 Å². The molecular formula is C22H20Cl2N2O3S. The first-order valence-electron chi connectivity index (χ1n) is 9.16. The number of amides is 1. The Morgan fingerprint density at radius 1 is 0.933 bits per heavy atom. The van der Waals surface area contributed by atoms with Crippen molar-refractivity contribution in [3.8, 4) is 0 Å². The van der Waals surface area contributed by atoms with Crippen molar-refractivity contribution in [2.75, 3.05) is 11.3 Å². The van der Waals surface area contributed by atoms with Crippen LogP contribution in [0.2, 0.25) is 10.0 Å². The molecular weight excluding hydrogens is 443 g/mol. The Kier molecular flexibility index (Phi) is 7.02. The second-order valence-corrected chi connectivity index (χ2v) is 9.27. The van der Waals surface area contributed by atoms with Crippen molar-refractivity contribution >= 4 is 44.8 Å². The number of hydrogen-bond donors (Lipinski definition) is 2. The maximum Gasteiger partial charge on any atom is 0.261 e. The van der Waals surface area contributed by atoms with Crippen LogP contribution in [-0.2, 0) is 16.4 Å². The number of sulfonamides is 1. The van der Waals surface area contributed by atoms with Crippen LogP contribution in [0, 0.1) is 6.92 Å². The molecule has 3 rings (SSSR count). The molecule has 0 aromatic heterocycles. The molecule has 0 unspecified atom stereocenters. The molecule has 0 radical (unpaired) electrons. The Balaban J connectivity index is 1.63. The van der Waals surface area contributed by atoms with Gasteiger partial charge in [-0.15, -0.1) is 0 Å². The predicted molar refractivity (Wildman–Crippen MR) is 121 cm³/mol. The van der Waals surface area contributed by atoms with E-state index in [1.807, 2.05) is 19.1 Å². The van der Waals surface area contributed by atoms with Crippen LogP contribution >= 0.6 is 23.2 Å². The van der Waals surface area contributed by atoms with E-state index >= 15 is 0 Å². The van der Waals surface area contributed by atoms with E-state index in [2.05, 4.69) is 10.0 Å². The molecule has 0 saturated carbocycles. The molecule has 3 aromatic rings. The maximum absolute atomic E-state index is 12.5. The maximum atomic E-state index is 12.5. The highest BCUT2D eigenvalue weighted by molar-refractivity contribution is 7.92. The number of halogens is 2.